The third-order valence-corrected chi connectivity index (χ3v) is 3.99. The number of amides is 1. The number of carboxylic acid groups (broad SMARTS) is 1. The molecule has 0 aliphatic carbocycles. The molecule has 2 aromatic rings. The molecule has 2 rings (SSSR count). The zero-order chi connectivity index (χ0) is 17.9. The van der Waals surface area contributed by atoms with Crippen LogP contribution in [0.15, 0.2) is 36.4 Å². The number of thiocarbonyl (C=S) groups is 1. The van der Waals surface area contributed by atoms with Crippen LogP contribution in [-0.4, -0.2) is 22.1 Å². The van der Waals surface area contributed by atoms with Crippen molar-refractivity contribution in [1.29, 1.82) is 0 Å². The summed E-state index contributed by atoms with van der Waals surface area (Å²) in [7, 11) is 0. The SMILES string of the molecule is Cc1ccc(C(=O)NC(=S)Nc2ccc(C(=O)O)cc2C)cc1Cl. The molecule has 0 saturated carbocycles. The van der Waals surface area contributed by atoms with Crippen molar-refractivity contribution < 1.29 is 14.7 Å². The van der Waals surface area contributed by atoms with Crippen LogP contribution in [0.1, 0.15) is 31.8 Å². The summed E-state index contributed by atoms with van der Waals surface area (Å²) in [5, 5.41) is 15.0. The Morgan fingerprint density at radius 3 is 2.29 bits per heavy atom. The Morgan fingerprint density at radius 1 is 1.04 bits per heavy atom. The van der Waals surface area contributed by atoms with Crippen LogP contribution >= 0.6 is 23.8 Å². The maximum absolute atomic E-state index is 12.2. The van der Waals surface area contributed by atoms with E-state index in [1.807, 2.05) is 6.92 Å². The highest BCUT2D eigenvalue weighted by atomic mass is 35.5. The molecule has 0 saturated heterocycles. The van der Waals surface area contributed by atoms with Gasteiger partial charge >= 0.3 is 5.97 Å². The standard InChI is InChI=1S/C17H15ClN2O3S/c1-9-3-4-11(8-13(9)18)15(21)20-17(24)19-14-6-5-12(16(22)23)7-10(14)2/h3-8H,1-2H3,(H,22,23)(H2,19,20,21,24). The maximum atomic E-state index is 12.2. The lowest BCUT2D eigenvalue weighted by Crippen LogP contribution is -2.34. The van der Waals surface area contributed by atoms with Gasteiger partial charge in [-0.25, -0.2) is 4.79 Å². The van der Waals surface area contributed by atoms with Gasteiger partial charge in [-0.15, -0.1) is 0 Å². The van der Waals surface area contributed by atoms with Crippen LogP contribution in [-0.2, 0) is 0 Å². The maximum Gasteiger partial charge on any atom is 0.335 e. The Labute approximate surface area is 149 Å². The van der Waals surface area contributed by atoms with Gasteiger partial charge in [-0.05, 0) is 67.5 Å². The zero-order valence-corrected chi connectivity index (χ0v) is 14.6. The fourth-order valence-corrected chi connectivity index (χ4v) is 2.38. The fraction of sp³-hybridized carbons (Fsp3) is 0.118. The van der Waals surface area contributed by atoms with Crippen molar-refractivity contribution in [3.8, 4) is 0 Å². The summed E-state index contributed by atoms with van der Waals surface area (Å²) in [5.74, 6) is -1.38. The molecular weight excluding hydrogens is 348 g/mol. The Bertz CT molecular complexity index is 837. The van der Waals surface area contributed by atoms with E-state index in [0.717, 1.165) is 5.56 Å². The average molecular weight is 363 g/mol. The number of rotatable bonds is 3. The minimum absolute atomic E-state index is 0.114. The molecule has 0 radical (unpaired) electrons. The number of carbonyl (C=O) groups excluding carboxylic acids is 1. The first-order valence-electron chi connectivity index (χ1n) is 7.00. The number of benzene rings is 2. The molecule has 3 N–H and O–H groups in total. The molecule has 0 bridgehead atoms. The van der Waals surface area contributed by atoms with E-state index in [1.165, 1.54) is 12.1 Å². The molecule has 0 spiro atoms. The van der Waals surface area contributed by atoms with E-state index in [1.54, 1.807) is 31.2 Å². The number of hydrogen-bond acceptors (Lipinski definition) is 3. The number of hydrogen-bond donors (Lipinski definition) is 3. The second kappa shape index (κ2) is 7.42. The van der Waals surface area contributed by atoms with E-state index in [4.69, 9.17) is 28.9 Å². The Hall–Kier alpha value is -2.44. The minimum Gasteiger partial charge on any atom is -0.478 e. The summed E-state index contributed by atoms with van der Waals surface area (Å²) < 4.78 is 0. The van der Waals surface area contributed by atoms with Gasteiger partial charge in [0, 0.05) is 16.3 Å². The van der Waals surface area contributed by atoms with Gasteiger partial charge in [0.15, 0.2) is 5.11 Å². The third kappa shape index (κ3) is 4.31. The molecule has 0 unspecified atom stereocenters. The summed E-state index contributed by atoms with van der Waals surface area (Å²) >= 11 is 11.1. The lowest BCUT2D eigenvalue weighted by Gasteiger charge is -2.12. The van der Waals surface area contributed by atoms with Gasteiger partial charge in [0.2, 0.25) is 0 Å². The van der Waals surface area contributed by atoms with Gasteiger partial charge in [-0.1, -0.05) is 17.7 Å². The minimum atomic E-state index is -1.00. The van der Waals surface area contributed by atoms with Crippen molar-refractivity contribution in [2.45, 2.75) is 13.8 Å². The lowest BCUT2D eigenvalue weighted by atomic mass is 10.1. The van der Waals surface area contributed by atoms with E-state index in [9.17, 15) is 9.59 Å². The van der Waals surface area contributed by atoms with Crippen LogP contribution in [0.2, 0.25) is 5.02 Å². The highest BCUT2D eigenvalue weighted by Gasteiger charge is 2.11. The van der Waals surface area contributed by atoms with E-state index in [-0.39, 0.29) is 16.6 Å². The number of aryl methyl sites for hydroxylation is 2. The molecule has 124 valence electrons. The van der Waals surface area contributed by atoms with Crippen LogP contribution in [0.5, 0.6) is 0 Å². The first-order valence-corrected chi connectivity index (χ1v) is 7.79. The number of carboxylic acids is 1. The van der Waals surface area contributed by atoms with Crippen molar-refractivity contribution in [1.82, 2.24) is 5.32 Å². The normalized spacial score (nSPS) is 10.1. The van der Waals surface area contributed by atoms with Gasteiger partial charge in [-0.2, -0.15) is 0 Å². The second-order valence-electron chi connectivity index (χ2n) is 5.21. The van der Waals surface area contributed by atoms with Crippen LogP contribution in [0, 0.1) is 13.8 Å². The highest BCUT2D eigenvalue weighted by Crippen LogP contribution is 2.18. The molecule has 2 aromatic carbocycles. The predicted octanol–water partition coefficient (Wildman–Crippen LogP) is 3.78. The van der Waals surface area contributed by atoms with Gasteiger partial charge in [0.25, 0.3) is 5.91 Å². The molecule has 0 heterocycles. The number of aromatic carboxylic acids is 1. The average Bonchev–Trinajstić information content (AvgIpc) is 2.51. The smallest absolute Gasteiger partial charge is 0.335 e. The predicted molar refractivity (Wildman–Crippen MR) is 98.0 cm³/mol. The summed E-state index contributed by atoms with van der Waals surface area (Å²) in [6.45, 7) is 3.60. The van der Waals surface area contributed by atoms with E-state index >= 15 is 0 Å². The molecule has 0 fully saturated rings. The summed E-state index contributed by atoms with van der Waals surface area (Å²) in [6.07, 6.45) is 0. The fourth-order valence-electron chi connectivity index (χ4n) is 2.00. The molecule has 0 aromatic heterocycles. The highest BCUT2D eigenvalue weighted by molar-refractivity contribution is 7.80. The van der Waals surface area contributed by atoms with Crippen LogP contribution < -0.4 is 10.6 Å². The molecular formula is C17H15ClN2O3S. The van der Waals surface area contributed by atoms with Gasteiger partial charge in [0.05, 0.1) is 5.56 Å². The van der Waals surface area contributed by atoms with Gasteiger partial charge < -0.3 is 10.4 Å². The molecule has 5 nitrogen and oxygen atoms in total. The topological polar surface area (TPSA) is 78.4 Å². The molecule has 0 aliphatic heterocycles. The first-order chi connectivity index (χ1) is 11.3. The molecule has 0 atom stereocenters. The van der Waals surface area contributed by atoms with Crippen LogP contribution in [0.25, 0.3) is 0 Å². The zero-order valence-electron chi connectivity index (χ0n) is 13.0. The Morgan fingerprint density at radius 2 is 1.71 bits per heavy atom. The number of halogens is 1. The van der Waals surface area contributed by atoms with Gasteiger partial charge in [-0.3, -0.25) is 10.1 Å². The van der Waals surface area contributed by atoms with Crippen LogP contribution in [0.3, 0.4) is 0 Å². The number of nitrogens with one attached hydrogen (secondary N) is 2. The number of anilines is 1. The van der Waals surface area contributed by atoms with E-state index in [0.29, 0.717) is 21.8 Å². The quantitative estimate of drug-likeness (QED) is 0.724. The van der Waals surface area contributed by atoms with Gasteiger partial charge in [0.1, 0.15) is 0 Å². The van der Waals surface area contributed by atoms with Crippen molar-refractivity contribution in [2.24, 2.45) is 0 Å². The summed E-state index contributed by atoms with van der Waals surface area (Å²) in [6, 6.07) is 9.56. The molecule has 0 aliphatic rings. The molecule has 24 heavy (non-hydrogen) atoms. The summed E-state index contributed by atoms with van der Waals surface area (Å²) in [5.41, 5.74) is 2.77. The first kappa shape index (κ1) is 17.9. The Kier molecular flexibility index (Phi) is 5.54. The lowest BCUT2D eigenvalue weighted by molar-refractivity contribution is 0.0696. The molecule has 7 heteroatoms. The second-order valence-corrected chi connectivity index (χ2v) is 6.02. The monoisotopic (exact) mass is 362 g/mol. The van der Waals surface area contributed by atoms with Crippen molar-refractivity contribution in [3.05, 3.63) is 63.7 Å². The Balaban J connectivity index is 2.06. The summed E-state index contributed by atoms with van der Waals surface area (Å²) in [4.78, 5) is 23.1. The van der Waals surface area contributed by atoms with Crippen LogP contribution in [0.4, 0.5) is 5.69 Å². The third-order valence-electron chi connectivity index (χ3n) is 3.38. The molecule has 1 amide bonds. The van der Waals surface area contributed by atoms with E-state index < -0.39 is 5.97 Å². The van der Waals surface area contributed by atoms with E-state index in [2.05, 4.69) is 10.6 Å². The largest absolute Gasteiger partial charge is 0.478 e. The van der Waals surface area contributed by atoms with Crippen molar-refractivity contribution >= 4 is 46.5 Å². The van der Waals surface area contributed by atoms with Crippen molar-refractivity contribution in [3.63, 3.8) is 0 Å². The van der Waals surface area contributed by atoms with Crippen molar-refractivity contribution in [2.75, 3.05) is 5.32 Å². The number of carbonyl (C=O) groups is 2.